The second-order valence-corrected chi connectivity index (χ2v) is 9.21. The highest BCUT2D eigenvalue weighted by atomic mass is 32.2. The summed E-state index contributed by atoms with van der Waals surface area (Å²) in [5.74, 6) is 3.48. The van der Waals surface area contributed by atoms with Gasteiger partial charge < -0.3 is 24.8 Å². The van der Waals surface area contributed by atoms with Crippen molar-refractivity contribution in [2.24, 2.45) is 4.99 Å². The molecular formula is C22H33N5O2S. The highest BCUT2D eigenvalue weighted by molar-refractivity contribution is 7.99. The summed E-state index contributed by atoms with van der Waals surface area (Å²) in [7, 11) is 1.82. The van der Waals surface area contributed by atoms with Gasteiger partial charge in [0.15, 0.2) is 5.96 Å². The standard InChI is InChI=1S/C22H33N5O2S/c1-23-22(27-10-8-26(9-11-27)21(28)20-3-2-14-29-20)24-17-18-4-6-19(7-5-18)25-12-15-30-16-13-25/h4-7,20H,2-3,8-17H2,1H3,(H,23,24). The number of carbonyl (C=O) groups excluding carboxylic acids is 1. The predicted molar refractivity (Wildman–Crippen MR) is 123 cm³/mol. The summed E-state index contributed by atoms with van der Waals surface area (Å²) in [6.07, 6.45) is 1.63. The number of aliphatic imine (C=N–C) groups is 1. The zero-order valence-corrected chi connectivity index (χ0v) is 18.7. The van der Waals surface area contributed by atoms with E-state index in [0.29, 0.717) is 6.61 Å². The normalized spacial score (nSPS) is 23.0. The van der Waals surface area contributed by atoms with Crippen LogP contribution in [-0.2, 0) is 16.1 Å². The Morgan fingerprint density at radius 2 is 1.80 bits per heavy atom. The third kappa shape index (κ3) is 5.21. The minimum Gasteiger partial charge on any atom is -0.370 e. The fourth-order valence-corrected chi connectivity index (χ4v) is 5.18. The molecule has 3 aliphatic heterocycles. The van der Waals surface area contributed by atoms with Crippen LogP contribution >= 0.6 is 11.8 Å². The van der Waals surface area contributed by atoms with Crippen molar-refractivity contribution in [2.75, 3.05) is 69.3 Å². The van der Waals surface area contributed by atoms with E-state index in [4.69, 9.17) is 4.74 Å². The van der Waals surface area contributed by atoms with E-state index in [2.05, 4.69) is 44.4 Å². The maximum absolute atomic E-state index is 12.5. The number of ether oxygens (including phenoxy) is 1. The van der Waals surface area contributed by atoms with Crippen molar-refractivity contribution in [3.8, 4) is 0 Å². The molecule has 7 nitrogen and oxygen atoms in total. The van der Waals surface area contributed by atoms with Gasteiger partial charge in [0.1, 0.15) is 6.10 Å². The largest absolute Gasteiger partial charge is 0.370 e. The third-order valence-electron chi connectivity index (χ3n) is 6.07. The molecule has 0 aromatic heterocycles. The SMILES string of the molecule is CN=C(NCc1ccc(N2CCSCC2)cc1)N1CCN(C(=O)C2CCCO2)CC1. The quantitative estimate of drug-likeness (QED) is 0.578. The van der Waals surface area contributed by atoms with Crippen molar-refractivity contribution in [1.82, 2.24) is 15.1 Å². The predicted octanol–water partition coefficient (Wildman–Crippen LogP) is 1.64. The Morgan fingerprint density at radius 1 is 1.10 bits per heavy atom. The average Bonchev–Trinajstić information content (AvgIpc) is 3.35. The third-order valence-corrected chi connectivity index (χ3v) is 7.01. The molecule has 164 valence electrons. The molecule has 8 heteroatoms. The molecule has 0 spiro atoms. The van der Waals surface area contributed by atoms with Crippen molar-refractivity contribution in [3.63, 3.8) is 0 Å². The molecule has 1 N–H and O–H groups in total. The van der Waals surface area contributed by atoms with E-state index in [1.54, 1.807) is 0 Å². The number of guanidine groups is 1. The lowest BCUT2D eigenvalue weighted by atomic mass is 10.2. The summed E-state index contributed by atoms with van der Waals surface area (Å²) in [4.78, 5) is 23.6. The van der Waals surface area contributed by atoms with E-state index >= 15 is 0 Å². The number of nitrogens with one attached hydrogen (secondary N) is 1. The summed E-state index contributed by atoms with van der Waals surface area (Å²) >= 11 is 2.03. The monoisotopic (exact) mass is 431 g/mol. The van der Waals surface area contributed by atoms with Crippen LogP contribution in [0.1, 0.15) is 18.4 Å². The van der Waals surface area contributed by atoms with Crippen LogP contribution in [0.5, 0.6) is 0 Å². The molecule has 4 rings (SSSR count). The number of amides is 1. The summed E-state index contributed by atoms with van der Waals surface area (Å²) in [6, 6.07) is 8.86. The Kier molecular flexibility index (Phi) is 7.38. The van der Waals surface area contributed by atoms with Gasteiger partial charge in [-0.2, -0.15) is 11.8 Å². The fourth-order valence-electron chi connectivity index (χ4n) is 4.27. The molecule has 1 amide bonds. The first-order chi connectivity index (χ1) is 14.7. The van der Waals surface area contributed by atoms with Crippen LogP contribution in [0.15, 0.2) is 29.3 Å². The van der Waals surface area contributed by atoms with Gasteiger partial charge in [-0.05, 0) is 30.5 Å². The van der Waals surface area contributed by atoms with Gasteiger partial charge in [0.05, 0.1) is 0 Å². The molecule has 0 bridgehead atoms. The molecule has 0 radical (unpaired) electrons. The van der Waals surface area contributed by atoms with E-state index < -0.39 is 0 Å². The number of piperazine rings is 1. The lowest BCUT2D eigenvalue weighted by molar-refractivity contribution is -0.142. The highest BCUT2D eigenvalue weighted by Gasteiger charge is 2.30. The molecule has 3 fully saturated rings. The molecule has 3 saturated heterocycles. The second-order valence-electron chi connectivity index (χ2n) is 7.98. The van der Waals surface area contributed by atoms with Crippen molar-refractivity contribution < 1.29 is 9.53 Å². The van der Waals surface area contributed by atoms with Gasteiger partial charge >= 0.3 is 0 Å². The maximum Gasteiger partial charge on any atom is 0.251 e. The topological polar surface area (TPSA) is 60.4 Å². The van der Waals surface area contributed by atoms with Gasteiger partial charge in [0, 0.05) is 76.7 Å². The molecular weight excluding hydrogens is 398 g/mol. The van der Waals surface area contributed by atoms with E-state index in [1.807, 2.05) is 23.7 Å². The number of thioether (sulfide) groups is 1. The fraction of sp³-hybridized carbons (Fsp3) is 0.636. The Bertz CT molecular complexity index is 722. The Hall–Kier alpha value is -1.93. The smallest absolute Gasteiger partial charge is 0.251 e. The molecule has 1 aromatic rings. The van der Waals surface area contributed by atoms with Crippen molar-refractivity contribution in [1.29, 1.82) is 0 Å². The summed E-state index contributed by atoms with van der Waals surface area (Å²) in [5.41, 5.74) is 2.56. The van der Waals surface area contributed by atoms with Crippen molar-refractivity contribution in [3.05, 3.63) is 29.8 Å². The number of carbonyl (C=O) groups is 1. The number of rotatable bonds is 4. The van der Waals surface area contributed by atoms with Crippen LogP contribution in [0, 0.1) is 0 Å². The zero-order chi connectivity index (χ0) is 20.8. The van der Waals surface area contributed by atoms with Crippen LogP contribution in [0.25, 0.3) is 0 Å². The number of hydrogen-bond acceptors (Lipinski definition) is 5. The Morgan fingerprint density at radius 3 is 2.43 bits per heavy atom. The minimum atomic E-state index is -0.222. The van der Waals surface area contributed by atoms with E-state index in [1.165, 1.54) is 22.8 Å². The minimum absolute atomic E-state index is 0.155. The van der Waals surface area contributed by atoms with Crippen LogP contribution in [0.4, 0.5) is 5.69 Å². The van der Waals surface area contributed by atoms with Crippen LogP contribution in [0.2, 0.25) is 0 Å². The highest BCUT2D eigenvalue weighted by Crippen LogP contribution is 2.20. The molecule has 1 unspecified atom stereocenters. The van der Waals surface area contributed by atoms with E-state index in [9.17, 15) is 4.79 Å². The molecule has 0 aliphatic carbocycles. The van der Waals surface area contributed by atoms with Gasteiger partial charge in [0.25, 0.3) is 5.91 Å². The lowest BCUT2D eigenvalue weighted by Gasteiger charge is -2.37. The summed E-state index contributed by atoms with van der Waals surface area (Å²) in [5, 5.41) is 3.48. The number of benzene rings is 1. The first-order valence-electron chi connectivity index (χ1n) is 11.0. The number of anilines is 1. The van der Waals surface area contributed by atoms with Crippen molar-refractivity contribution in [2.45, 2.75) is 25.5 Å². The van der Waals surface area contributed by atoms with Crippen molar-refractivity contribution >= 4 is 29.3 Å². The second kappa shape index (κ2) is 10.4. The van der Waals surface area contributed by atoms with Gasteiger partial charge in [-0.25, -0.2) is 0 Å². The first kappa shape index (κ1) is 21.3. The molecule has 30 heavy (non-hydrogen) atoms. The Labute approximate surface area is 183 Å². The van der Waals surface area contributed by atoms with Gasteiger partial charge in [-0.3, -0.25) is 9.79 Å². The molecule has 0 saturated carbocycles. The number of hydrogen-bond donors (Lipinski definition) is 1. The van der Waals surface area contributed by atoms with Gasteiger partial charge in [-0.15, -0.1) is 0 Å². The van der Waals surface area contributed by atoms with Gasteiger partial charge in [0.2, 0.25) is 0 Å². The van der Waals surface area contributed by atoms with E-state index in [-0.39, 0.29) is 12.0 Å². The van der Waals surface area contributed by atoms with Crippen LogP contribution in [-0.4, -0.2) is 92.2 Å². The summed E-state index contributed by atoms with van der Waals surface area (Å²) in [6.45, 7) is 6.77. The Balaban J connectivity index is 1.24. The average molecular weight is 432 g/mol. The first-order valence-corrected chi connectivity index (χ1v) is 12.2. The molecule has 3 heterocycles. The summed E-state index contributed by atoms with van der Waals surface area (Å²) < 4.78 is 5.55. The van der Waals surface area contributed by atoms with Crippen LogP contribution < -0.4 is 10.2 Å². The maximum atomic E-state index is 12.5. The molecule has 3 aliphatic rings. The number of nitrogens with zero attached hydrogens (tertiary/aromatic N) is 4. The lowest BCUT2D eigenvalue weighted by Crippen LogP contribution is -2.55. The van der Waals surface area contributed by atoms with Gasteiger partial charge in [-0.1, -0.05) is 12.1 Å². The van der Waals surface area contributed by atoms with Crippen LogP contribution in [0.3, 0.4) is 0 Å². The zero-order valence-electron chi connectivity index (χ0n) is 17.9. The molecule has 1 atom stereocenters. The molecule has 1 aromatic carbocycles. The van der Waals surface area contributed by atoms with E-state index in [0.717, 1.165) is 64.6 Å².